The number of nitrogens with one attached hydrogen (secondary N) is 2. The van der Waals surface area contributed by atoms with Crippen LogP contribution in [0, 0.1) is 18.6 Å². The zero-order valence-corrected chi connectivity index (χ0v) is 19.4. The van der Waals surface area contributed by atoms with Crippen LogP contribution in [0.1, 0.15) is 31.8 Å². The van der Waals surface area contributed by atoms with Crippen molar-refractivity contribution in [1.29, 1.82) is 0 Å². The Bertz CT molecular complexity index is 1240. The maximum absolute atomic E-state index is 13.4. The second-order valence-electron chi connectivity index (χ2n) is 7.25. The summed E-state index contributed by atoms with van der Waals surface area (Å²) in [6.07, 6.45) is 0. The summed E-state index contributed by atoms with van der Waals surface area (Å²) >= 11 is 12.4. The Morgan fingerprint density at radius 1 is 1.00 bits per heavy atom. The van der Waals surface area contributed by atoms with Crippen molar-refractivity contribution < 1.29 is 28.2 Å². The number of anilines is 1. The van der Waals surface area contributed by atoms with Gasteiger partial charge in [0.2, 0.25) is 0 Å². The Morgan fingerprint density at radius 2 is 1.76 bits per heavy atom. The Balaban J connectivity index is 1.76. The molecule has 0 aliphatic heterocycles. The first kappa shape index (κ1) is 25.4. The third-order valence-electron chi connectivity index (χ3n) is 4.78. The summed E-state index contributed by atoms with van der Waals surface area (Å²) in [5, 5.41) is 14.1. The van der Waals surface area contributed by atoms with Crippen molar-refractivity contribution >= 4 is 40.7 Å². The molecule has 0 bridgehead atoms. The van der Waals surface area contributed by atoms with Crippen LogP contribution in [0.2, 0.25) is 10.0 Å². The first-order chi connectivity index (χ1) is 16.2. The van der Waals surface area contributed by atoms with E-state index in [4.69, 9.17) is 33.0 Å². The van der Waals surface area contributed by atoms with Gasteiger partial charge in [0.15, 0.2) is 11.6 Å². The number of ether oxygens (including phenoxy) is 1. The number of aliphatic hydroxyl groups is 1. The van der Waals surface area contributed by atoms with E-state index in [-0.39, 0.29) is 40.9 Å². The third kappa shape index (κ3) is 6.22. The number of carbonyl (C=O) groups excluding carboxylic acids is 2. The van der Waals surface area contributed by atoms with E-state index >= 15 is 0 Å². The van der Waals surface area contributed by atoms with Gasteiger partial charge in [-0.2, -0.15) is 0 Å². The minimum absolute atomic E-state index is 0.00299. The standard InChI is InChI=1S/C24H20Cl2F2N2O4/c1-13-8-16(34-7-6-31)3-5-21(13)30-24(33)17-10-15(11-18(25)22(17)26)23(32)29-12-14-2-4-19(27)20(28)9-14/h2-5,8-11,31H,6-7,12H2,1H3,(H,29,32)(H,30,33). The molecule has 0 atom stereocenters. The van der Waals surface area contributed by atoms with Crippen molar-refractivity contribution in [2.24, 2.45) is 0 Å². The molecule has 10 heteroatoms. The minimum atomic E-state index is -1.02. The van der Waals surface area contributed by atoms with Gasteiger partial charge in [0.1, 0.15) is 12.4 Å². The Hall–Kier alpha value is -3.20. The van der Waals surface area contributed by atoms with Gasteiger partial charge in [0, 0.05) is 17.8 Å². The molecule has 0 fully saturated rings. The van der Waals surface area contributed by atoms with Crippen LogP contribution < -0.4 is 15.4 Å². The topological polar surface area (TPSA) is 87.7 Å². The van der Waals surface area contributed by atoms with Crippen LogP contribution in [-0.4, -0.2) is 30.1 Å². The first-order valence-corrected chi connectivity index (χ1v) is 10.8. The highest BCUT2D eigenvalue weighted by molar-refractivity contribution is 6.44. The fraction of sp³-hybridized carbons (Fsp3) is 0.167. The fourth-order valence-electron chi connectivity index (χ4n) is 3.04. The Morgan fingerprint density at radius 3 is 2.44 bits per heavy atom. The lowest BCUT2D eigenvalue weighted by Crippen LogP contribution is -2.24. The Labute approximate surface area is 204 Å². The van der Waals surface area contributed by atoms with E-state index in [9.17, 15) is 18.4 Å². The summed E-state index contributed by atoms with van der Waals surface area (Å²) in [5.41, 5.74) is 1.58. The minimum Gasteiger partial charge on any atom is -0.491 e. The average Bonchev–Trinajstić information content (AvgIpc) is 2.81. The molecule has 178 valence electrons. The average molecular weight is 509 g/mol. The van der Waals surface area contributed by atoms with Crippen LogP contribution in [0.25, 0.3) is 0 Å². The molecule has 0 radical (unpaired) electrons. The zero-order valence-electron chi connectivity index (χ0n) is 17.9. The SMILES string of the molecule is Cc1cc(OCCO)ccc1NC(=O)c1cc(C(=O)NCc2ccc(F)c(F)c2)cc(Cl)c1Cl. The molecule has 0 aliphatic carbocycles. The second-order valence-corrected chi connectivity index (χ2v) is 8.04. The van der Waals surface area contributed by atoms with E-state index in [0.29, 0.717) is 22.6 Å². The molecule has 0 heterocycles. The number of aryl methyl sites for hydroxylation is 1. The van der Waals surface area contributed by atoms with Crippen molar-refractivity contribution in [3.63, 3.8) is 0 Å². The highest BCUT2D eigenvalue weighted by Gasteiger charge is 2.19. The van der Waals surface area contributed by atoms with E-state index < -0.39 is 23.4 Å². The van der Waals surface area contributed by atoms with Gasteiger partial charge in [0.25, 0.3) is 11.8 Å². The van der Waals surface area contributed by atoms with Crippen molar-refractivity contribution in [2.75, 3.05) is 18.5 Å². The monoisotopic (exact) mass is 508 g/mol. The summed E-state index contributed by atoms with van der Waals surface area (Å²) in [7, 11) is 0. The molecular weight excluding hydrogens is 489 g/mol. The lowest BCUT2D eigenvalue weighted by Gasteiger charge is -2.13. The third-order valence-corrected chi connectivity index (χ3v) is 5.58. The van der Waals surface area contributed by atoms with Gasteiger partial charge in [-0.3, -0.25) is 9.59 Å². The highest BCUT2D eigenvalue weighted by Crippen LogP contribution is 2.29. The molecule has 0 aromatic heterocycles. The molecule has 3 aromatic carbocycles. The molecule has 3 N–H and O–H groups in total. The van der Waals surface area contributed by atoms with Gasteiger partial charge >= 0.3 is 0 Å². The van der Waals surface area contributed by atoms with Gasteiger partial charge in [-0.25, -0.2) is 8.78 Å². The molecule has 2 amide bonds. The lowest BCUT2D eigenvalue weighted by atomic mass is 10.1. The van der Waals surface area contributed by atoms with Crippen molar-refractivity contribution in [1.82, 2.24) is 5.32 Å². The maximum atomic E-state index is 13.4. The molecule has 3 aromatic rings. The summed E-state index contributed by atoms with van der Waals surface area (Å²) in [6, 6.07) is 10.8. The van der Waals surface area contributed by atoms with Crippen LogP contribution in [0.3, 0.4) is 0 Å². The molecule has 0 spiro atoms. The maximum Gasteiger partial charge on any atom is 0.257 e. The highest BCUT2D eigenvalue weighted by atomic mass is 35.5. The van der Waals surface area contributed by atoms with Crippen LogP contribution in [0.5, 0.6) is 5.75 Å². The normalized spacial score (nSPS) is 10.6. The Kier molecular flexibility index (Phi) is 8.44. The number of rotatable bonds is 8. The second kappa shape index (κ2) is 11.3. The molecule has 0 saturated heterocycles. The molecule has 0 aliphatic rings. The smallest absolute Gasteiger partial charge is 0.257 e. The molecular formula is C24H20Cl2F2N2O4. The van der Waals surface area contributed by atoms with E-state index in [0.717, 1.165) is 12.1 Å². The van der Waals surface area contributed by atoms with E-state index in [1.54, 1.807) is 25.1 Å². The first-order valence-electron chi connectivity index (χ1n) is 10.1. The molecule has 3 rings (SSSR count). The van der Waals surface area contributed by atoms with Gasteiger partial charge in [-0.15, -0.1) is 0 Å². The summed E-state index contributed by atoms with van der Waals surface area (Å²) in [5.74, 6) is -2.65. The van der Waals surface area contributed by atoms with Crippen LogP contribution in [-0.2, 0) is 6.54 Å². The van der Waals surface area contributed by atoms with E-state index in [1.807, 2.05) is 0 Å². The van der Waals surface area contributed by atoms with Gasteiger partial charge in [-0.1, -0.05) is 29.3 Å². The predicted molar refractivity (Wildman–Crippen MR) is 126 cm³/mol. The number of amides is 2. The number of hydrogen-bond donors (Lipinski definition) is 3. The van der Waals surface area contributed by atoms with Crippen molar-refractivity contribution in [3.05, 3.63) is 92.5 Å². The molecule has 0 saturated carbocycles. The molecule has 6 nitrogen and oxygen atoms in total. The van der Waals surface area contributed by atoms with Crippen LogP contribution >= 0.6 is 23.2 Å². The molecule has 0 unspecified atom stereocenters. The number of carbonyl (C=O) groups is 2. The number of hydrogen-bond acceptors (Lipinski definition) is 4. The number of halogens is 4. The lowest BCUT2D eigenvalue weighted by molar-refractivity contribution is 0.0951. The quantitative estimate of drug-likeness (QED) is 0.393. The summed E-state index contributed by atoms with van der Waals surface area (Å²) in [4.78, 5) is 25.5. The van der Waals surface area contributed by atoms with Gasteiger partial charge < -0.3 is 20.5 Å². The van der Waals surface area contributed by atoms with E-state index in [2.05, 4.69) is 10.6 Å². The van der Waals surface area contributed by atoms with Gasteiger partial charge in [-0.05, 0) is 60.5 Å². The summed E-state index contributed by atoms with van der Waals surface area (Å²) < 4.78 is 31.8. The van der Waals surface area contributed by atoms with E-state index in [1.165, 1.54) is 18.2 Å². The van der Waals surface area contributed by atoms with Crippen molar-refractivity contribution in [2.45, 2.75) is 13.5 Å². The molecule has 34 heavy (non-hydrogen) atoms. The zero-order chi connectivity index (χ0) is 24.8. The fourth-order valence-corrected chi connectivity index (χ4v) is 3.45. The van der Waals surface area contributed by atoms with Crippen molar-refractivity contribution in [3.8, 4) is 5.75 Å². The summed E-state index contributed by atoms with van der Waals surface area (Å²) in [6.45, 7) is 1.71. The van der Waals surface area contributed by atoms with Gasteiger partial charge in [0.05, 0.1) is 22.2 Å². The number of aliphatic hydroxyl groups excluding tert-OH is 1. The predicted octanol–water partition coefficient (Wildman–Crippen LogP) is 5.13. The largest absolute Gasteiger partial charge is 0.491 e. The number of benzene rings is 3. The van der Waals surface area contributed by atoms with Crippen LogP contribution in [0.4, 0.5) is 14.5 Å². The van der Waals surface area contributed by atoms with Crippen LogP contribution in [0.15, 0.2) is 48.5 Å².